The quantitative estimate of drug-likeness (QED) is 0.449. The van der Waals surface area contributed by atoms with Gasteiger partial charge in [0.2, 0.25) is 0 Å². The van der Waals surface area contributed by atoms with E-state index in [1.54, 1.807) is 4.90 Å². The number of aliphatic imine (C=N–C) groups is 1. The Morgan fingerprint density at radius 3 is 2.48 bits per heavy atom. The zero-order valence-electron chi connectivity index (χ0n) is 17.7. The second-order valence-corrected chi connectivity index (χ2v) is 9.07. The fourth-order valence-electron chi connectivity index (χ4n) is 3.14. The molecule has 1 aromatic carbocycles. The number of carbonyl (C=O) groups is 1. The van der Waals surface area contributed by atoms with Crippen LogP contribution >= 0.6 is 11.8 Å². The zero-order chi connectivity index (χ0) is 21.8. The van der Waals surface area contributed by atoms with E-state index in [-0.39, 0.29) is 29.2 Å². The molecule has 1 heterocycles. The van der Waals surface area contributed by atoms with E-state index >= 15 is 0 Å². The van der Waals surface area contributed by atoms with E-state index in [9.17, 15) is 18.0 Å². The van der Waals surface area contributed by atoms with Crippen molar-refractivity contribution in [2.45, 2.75) is 78.1 Å². The molecule has 29 heavy (non-hydrogen) atoms. The number of hydrogen-bond donors (Lipinski definition) is 0. The normalized spacial score (nSPS) is 17.6. The summed E-state index contributed by atoms with van der Waals surface area (Å²) >= 11 is 1.39. The highest BCUT2D eigenvalue weighted by atomic mass is 32.2. The molecule has 2 amide bonds. The summed E-state index contributed by atoms with van der Waals surface area (Å²) < 4.78 is 39.2. The highest BCUT2D eigenvalue weighted by Crippen LogP contribution is 2.34. The van der Waals surface area contributed by atoms with E-state index in [1.807, 2.05) is 13.8 Å². The number of halogens is 3. The summed E-state index contributed by atoms with van der Waals surface area (Å²) in [6.45, 7) is 10.0. The third-order valence-corrected chi connectivity index (χ3v) is 5.69. The van der Waals surface area contributed by atoms with Gasteiger partial charge < -0.3 is 0 Å². The molecule has 0 spiro atoms. The molecule has 0 aromatic heterocycles. The first-order chi connectivity index (χ1) is 13.5. The highest BCUT2D eigenvalue weighted by Gasteiger charge is 2.37. The van der Waals surface area contributed by atoms with Gasteiger partial charge in [0.15, 0.2) is 5.17 Å². The lowest BCUT2D eigenvalue weighted by molar-refractivity contribution is -0.137. The van der Waals surface area contributed by atoms with Crippen molar-refractivity contribution in [3.05, 3.63) is 29.8 Å². The van der Waals surface area contributed by atoms with Crippen molar-refractivity contribution in [2.75, 3.05) is 10.8 Å². The Morgan fingerprint density at radius 2 is 1.90 bits per heavy atom. The number of nitrogens with zero attached hydrogens (tertiary/aromatic N) is 3. The Labute approximate surface area is 175 Å². The van der Waals surface area contributed by atoms with Crippen LogP contribution in [-0.2, 0) is 6.18 Å². The predicted octanol–water partition coefficient (Wildman–Crippen LogP) is 6.76. The molecule has 0 saturated carbocycles. The van der Waals surface area contributed by atoms with E-state index in [1.165, 1.54) is 28.8 Å². The Morgan fingerprint density at radius 1 is 1.21 bits per heavy atom. The van der Waals surface area contributed by atoms with Crippen LogP contribution in [-0.4, -0.2) is 33.6 Å². The standard InChI is InChI=1S/C21H30F3N3OS/c1-6-7-8-12-20(4,5)25-18-27(15(2)3)19(28)26(14-29-18)17-11-9-10-16(13-17)21(22,23)24/h9-11,13,15H,6-8,12,14H2,1-5H3. The molecule has 1 saturated heterocycles. The van der Waals surface area contributed by atoms with Crippen LogP contribution in [0.25, 0.3) is 0 Å². The number of anilines is 1. The van der Waals surface area contributed by atoms with Crippen molar-refractivity contribution in [1.29, 1.82) is 0 Å². The summed E-state index contributed by atoms with van der Waals surface area (Å²) in [4.78, 5) is 21.0. The first kappa shape index (κ1) is 23.6. The average Bonchev–Trinajstić information content (AvgIpc) is 2.60. The smallest absolute Gasteiger partial charge is 0.284 e. The Bertz CT molecular complexity index is 747. The summed E-state index contributed by atoms with van der Waals surface area (Å²) in [6, 6.07) is 4.39. The maximum absolute atomic E-state index is 13.2. The Kier molecular flexibility index (Phi) is 7.65. The van der Waals surface area contributed by atoms with Crippen LogP contribution in [0.15, 0.2) is 29.3 Å². The number of benzene rings is 1. The SMILES string of the molecule is CCCCCC(C)(C)N=C1SCN(c2cccc(C(F)(F)F)c2)C(=O)N1C(C)C. The summed E-state index contributed by atoms with van der Waals surface area (Å²) in [7, 11) is 0. The lowest BCUT2D eigenvalue weighted by atomic mass is 9.98. The van der Waals surface area contributed by atoms with Gasteiger partial charge in [-0.15, -0.1) is 0 Å². The van der Waals surface area contributed by atoms with Crippen molar-refractivity contribution in [3.8, 4) is 0 Å². The Balaban J connectivity index is 2.28. The monoisotopic (exact) mass is 429 g/mol. The third-order valence-electron chi connectivity index (χ3n) is 4.76. The molecule has 1 aliphatic heterocycles. The molecule has 2 rings (SSSR count). The van der Waals surface area contributed by atoms with E-state index in [0.717, 1.165) is 37.8 Å². The number of rotatable bonds is 7. The molecule has 1 aliphatic rings. The number of amidine groups is 1. The Hall–Kier alpha value is -1.70. The molecule has 0 aliphatic carbocycles. The molecule has 0 radical (unpaired) electrons. The molecule has 1 fully saturated rings. The van der Waals surface area contributed by atoms with Gasteiger partial charge in [0.1, 0.15) is 0 Å². The van der Waals surface area contributed by atoms with Gasteiger partial charge in [0, 0.05) is 11.7 Å². The number of unbranched alkanes of at least 4 members (excludes halogenated alkanes) is 2. The van der Waals surface area contributed by atoms with Crippen LogP contribution in [0.3, 0.4) is 0 Å². The van der Waals surface area contributed by atoms with Gasteiger partial charge in [-0.3, -0.25) is 14.8 Å². The zero-order valence-corrected chi connectivity index (χ0v) is 18.5. The van der Waals surface area contributed by atoms with Crippen LogP contribution in [0.1, 0.15) is 65.9 Å². The molecular formula is C21H30F3N3OS. The summed E-state index contributed by atoms with van der Waals surface area (Å²) in [6.07, 6.45) is -0.199. The van der Waals surface area contributed by atoms with Crippen LogP contribution in [0, 0.1) is 0 Å². The molecule has 162 valence electrons. The third kappa shape index (κ3) is 6.14. The van der Waals surface area contributed by atoms with E-state index < -0.39 is 11.7 Å². The molecule has 0 N–H and O–H groups in total. The summed E-state index contributed by atoms with van der Waals surface area (Å²) in [5.74, 6) is 0.229. The first-order valence-corrected chi connectivity index (χ1v) is 11.0. The second kappa shape index (κ2) is 9.41. The molecule has 0 atom stereocenters. The van der Waals surface area contributed by atoms with Gasteiger partial charge in [-0.2, -0.15) is 13.2 Å². The van der Waals surface area contributed by atoms with Crippen LogP contribution in [0.5, 0.6) is 0 Å². The summed E-state index contributed by atoms with van der Waals surface area (Å²) in [5.41, 5.74) is -0.826. The second-order valence-electron chi connectivity index (χ2n) is 8.16. The minimum Gasteiger partial charge on any atom is -0.284 e. The van der Waals surface area contributed by atoms with Crippen LogP contribution in [0.4, 0.5) is 23.7 Å². The highest BCUT2D eigenvalue weighted by molar-refractivity contribution is 8.14. The number of alkyl halides is 3. The minimum absolute atomic E-state index is 0.159. The van der Waals surface area contributed by atoms with Gasteiger partial charge in [-0.1, -0.05) is 44.0 Å². The predicted molar refractivity (Wildman–Crippen MR) is 114 cm³/mol. The lowest BCUT2D eigenvalue weighted by Gasteiger charge is -2.39. The van der Waals surface area contributed by atoms with E-state index in [4.69, 9.17) is 4.99 Å². The molecule has 4 nitrogen and oxygen atoms in total. The number of thioether (sulfide) groups is 1. The molecule has 1 aromatic rings. The van der Waals surface area contributed by atoms with Crippen LogP contribution in [0.2, 0.25) is 0 Å². The lowest BCUT2D eigenvalue weighted by Crippen LogP contribution is -2.53. The van der Waals surface area contributed by atoms with E-state index in [0.29, 0.717) is 5.17 Å². The van der Waals surface area contributed by atoms with Crippen molar-refractivity contribution in [2.24, 2.45) is 4.99 Å². The summed E-state index contributed by atoms with van der Waals surface area (Å²) in [5, 5.41) is 0.634. The van der Waals surface area contributed by atoms with Gasteiger partial charge in [-0.25, -0.2) is 4.79 Å². The maximum Gasteiger partial charge on any atom is 0.416 e. The van der Waals surface area contributed by atoms with Crippen molar-refractivity contribution < 1.29 is 18.0 Å². The molecule has 0 bridgehead atoms. The van der Waals surface area contributed by atoms with Gasteiger partial charge in [0.05, 0.1) is 17.0 Å². The average molecular weight is 430 g/mol. The fourth-order valence-corrected chi connectivity index (χ4v) is 4.39. The van der Waals surface area contributed by atoms with Crippen molar-refractivity contribution in [3.63, 3.8) is 0 Å². The molecule has 0 unspecified atom stereocenters. The van der Waals surface area contributed by atoms with Gasteiger partial charge in [0.25, 0.3) is 0 Å². The number of urea groups is 1. The number of amides is 2. The van der Waals surface area contributed by atoms with Gasteiger partial charge in [-0.05, 0) is 52.3 Å². The van der Waals surface area contributed by atoms with E-state index in [2.05, 4.69) is 20.8 Å². The fraction of sp³-hybridized carbons (Fsp3) is 0.619. The molecule has 8 heteroatoms. The van der Waals surface area contributed by atoms with Gasteiger partial charge >= 0.3 is 12.2 Å². The molecular weight excluding hydrogens is 399 g/mol. The topological polar surface area (TPSA) is 35.9 Å². The van der Waals surface area contributed by atoms with Crippen LogP contribution < -0.4 is 4.90 Å². The maximum atomic E-state index is 13.2. The largest absolute Gasteiger partial charge is 0.416 e. The number of hydrogen-bond acceptors (Lipinski definition) is 3. The minimum atomic E-state index is -4.45. The first-order valence-electron chi connectivity index (χ1n) is 9.97. The van der Waals surface area contributed by atoms with Crippen molar-refractivity contribution in [1.82, 2.24) is 4.90 Å². The number of carbonyl (C=O) groups excluding carboxylic acids is 1. The van der Waals surface area contributed by atoms with Crippen molar-refractivity contribution >= 4 is 28.6 Å².